The number of likely N-dealkylation sites (tertiary alicyclic amines) is 1. The van der Waals surface area contributed by atoms with Crippen LogP contribution in [0, 0.1) is 0 Å². The Balaban J connectivity index is 1.52. The number of rotatable bonds is 2. The van der Waals surface area contributed by atoms with Gasteiger partial charge in [-0.2, -0.15) is 9.61 Å². The molecular weight excluding hydrogens is 342 g/mol. The number of amides is 1. The van der Waals surface area contributed by atoms with Gasteiger partial charge in [0.1, 0.15) is 5.69 Å². The SMILES string of the molecule is CC(C)(C)c1ccc2nnc(C3CCN(C(=O)c4cnccn4)CC3)n2n1. The fourth-order valence-electron chi connectivity index (χ4n) is 3.37. The maximum absolute atomic E-state index is 12.5. The summed E-state index contributed by atoms with van der Waals surface area (Å²) in [4.78, 5) is 22.5. The number of piperidine rings is 1. The molecule has 8 nitrogen and oxygen atoms in total. The zero-order chi connectivity index (χ0) is 19.0. The summed E-state index contributed by atoms with van der Waals surface area (Å²) in [6, 6.07) is 3.98. The van der Waals surface area contributed by atoms with Crippen molar-refractivity contribution in [2.45, 2.75) is 44.9 Å². The van der Waals surface area contributed by atoms with E-state index in [0.717, 1.165) is 30.0 Å². The standard InChI is InChI=1S/C19H23N7O/c1-19(2,3)15-4-5-16-22-23-17(26(16)24-15)13-6-10-25(11-7-13)18(27)14-12-20-8-9-21-14/h4-5,8-9,12-13H,6-7,10-11H2,1-3H3. The van der Waals surface area contributed by atoms with Crippen molar-refractivity contribution in [2.75, 3.05) is 13.1 Å². The van der Waals surface area contributed by atoms with E-state index in [1.165, 1.54) is 6.20 Å². The molecule has 0 N–H and O–H groups in total. The molecule has 1 aliphatic rings. The first-order valence-electron chi connectivity index (χ1n) is 9.21. The third-order valence-electron chi connectivity index (χ3n) is 4.98. The van der Waals surface area contributed by atoms with Gasteiger partial charge in [-0.05, 0) is 25.0 Å². The second kappa shape index (κ2) is 6.68. The van der Waals surface area contributed by atoms with Crippen LogP contribution in [0.4, 0.5) is 0 Å². The van der Waals surface area contributed by atoms with Gasteiger partial charge in [-0.1, -0.05) is 20.8 Å². The van der Waals surface area contributed by atoms with Gasteiger partial charge >= 0.3 is 0 Å². The Bertz CT molecular complexity index is 953. The second-order valence-corrected chi connectivity index (χ2v) is 7.95. The van der Waals surface area contributed by atoms with Crippen LogP contribution >= 0.6 is 0 Å². The molecule has 4 heterocycles. The van der Waals surface area contributed by atoms with Crippen LogP contribution in [-0.4, -0.2) is 53.7 Å². The molecule has 0 saturated carbocycles. The monoisotopic (exact) mass is 365 g/mol. The number of hydrogen-bond donors (Lipinski definition) is 0. The van der Waals surface area contributed by atoms with Gasteiger partial charge in [0.15, 0.2) is 11.5 Å². The van der Waals surface area contributed by atoms with Crippen molar-refractivity contribution < 1.29 is 4.79 Å². The number of carbonyl (C=O) groups is 1. The van der Waals surface area contributed by atoms with E-state index in [1.54, 1.807) is 12.4 Å². The third kappa shape index (κ3) is 3.39. The van der Waals surface area contributed by atoms with Crippen LogP contribution in [0.25, 0.3) is 5.65 Å². The van der Waals surface area contributed by atoms with Crippen molar-refractivity contribution in [3.8, 4) is 0 Å². The zero-order valence-electron chi connectivity index (χ0n) is 15.8. The van der Waals surface area contributed by atoms with Crippen molar-refractivity contribution in [3.63, 3.8) is 0 Å². The molecule has 140 valence electrons. The van der Waals surface area contributed by atoms with Gasteiger partial charge in [0.2, 0.25) is 0 Å². The lowest BCUT2D eigenvalue weighted by Gasteiger charge is -2.30. The minimum absolute atomic E-state index is 0.0395. The maximum atomic E-state index is 12.5. The van der Waals surface area contributed by atoms with Gasteiger partial charge < -0.3 is 4.90 Å². The first kappa shape index (κ1) is 17.5. The molecule has 4 rings (SSSR count). The summed E-state index contributed by atoms with van der Waals surface area (Å²) in [5.41, 5.74) is 2.12. The van der Waals surface area contributed by atoms with Crippen molar-refractivity contribution in [1.29, 1.82) is 0 Å². The molecule has 27 heavy (non-hydrogen) atoms. The molecular formula is C19H23N7O. The van der Waals surface area contributed by atoms with E-state index in [9.17, 15) is 4.79 Å². The second-order valence-electron chi connectivity index (χ2n) is 7.95. The molecule has 0 aromatic carbocycles. The van der Waals surface area contributed by atoms with Crippen LogP contribution < -0.4 is 0 Å². The topological polar surface area (TPSA) is 89.2 Å². The number of fused-ring (bicyclic) bond motifs is 1. The third-order valence-corrected chi connectivity index (χ3v) is 4.98. The van der Waals surface area contributed by atoms with E-state index in [1.807, 2.05) is 21.5 Å². The molecule has 0 unspecified atom stereocenters. The van der Waals surface area contributed by atoms with Crippen LogP contribution in [0.3, 0.4) is 0 Å². The lowest BCUT2D eigenvalue weighted by molar-refractivity contribution is 0.0704. The first-order chi connectivity index (χ1) is 12.9. The Hall–Kier alpha value is -2.90. The molecule has 0 spiro atoms. The maximum Gasteiger partial charge on any atom is 0.274 e. The summed E-state index contributed by atoms with van der Waals surface area (Å²) in [6.45, 7) is 7.74. The summed E-state index contributed by atoms with van der Waals surface area (Å²) in [5, 5.41) is 13.4. The van der Waals surface area contributed by atoms with E-state index >= 15 is 0 Å². The zero-order valence-corrected chi connectivity index (χ0v) is 15.8. The van der Waals surface area contributed by atoms with Crippen molar-refractivity contribution in [3.05, 3.63) is 47.9 Å². The molecule has 0 aliphatic carbocycles. The molecule has 3 aromatic heterocycles. The van der Waals surface area contributed by atoms with E-state index in [-0.39, 0.29) is 17.2 Å². The Morgan fingerprint density at radius 1 is 1.11 bits per heavy atom. The van der Waals surface area contributed by atoms with Crippen LogP contribution in [-0.2, 0) is 5.41 Å². The van der Waals surface area contributed by atoms with Crippen LogP contribution in [0.2, 0.25) is 0 Å². The number of nitrogens with zero attached hydrogens (tertiary/aromatic N) is 7. The molecule has 0 atom stereocenters. The van der Waals surface area contributed by atoms with Crippen molar-refractivity contribution in [2.24, 2.45) is 0 Å². The summed E-state index contributed by atoms with van der Waals surface area (Å²) in [5.74, 6) is 1.04. The lowest BCUT2D eigenvalue weighted by atomic mass is 9.92. The van der Waals surface area contributed by atoms with Gasteiger partial charge in [-0.15, -0.1) is 10.2 Å². The van der Waals surface area contributed by atoms with Crippen LogP contribution in [0.5, 0.6) is 0 Å². The molecule has 1 saturated heterocycles. The van der Waals surface area contributed by atoms with Gasteiger partial charge in [-0.3, -0.25) is 9.78 Å². The van der Waals surface area contributed by atoms with Crippen LogP contribution in [0.15, 0.2) is 30.7 Å². The Labute approximate surface area is 157 Å². The van der Waals surface area contributed by atoms with Crippen molar-refractivity contribution in [1.82, 2.24) is 34.7 Å². The number of aromatic nitrogens is 6. The summed E-state index contributed by atoms with van der Waals surface area (Å²) >= 11 is 0. The summed E-state index contributed by atoms with van der Waals surface area (Å²) < 4.78 is 1.87. The average Bonchev–Trinajstić information content (AvgIpc) is 3.11. The van der Waals surface area contributed by atoms with E-state index in [2.05, 4.69) is 40.9 Å². The van der Waals surface area contributed by atoms with E-state index in [0.29, 0.717) is 18.8 Å². The van der Waals surface area contributed by atoms with E-state index in [4.69, 9.17) is 5.10 Å². The quantitative estimate of drug-likeness (QED) is 0.692. The lowest BCUT2D eigenvalue weighted by Crippen LogP contribution is -2.38. The normalized spacial score (nSPS) is 16.0. The molecule has 1 fully saturated rings. The first-order valence-corrected chi connectivity index (χ1v) is 9.21. The van der Waals surface area contributed by atoms with Gasteiger partial charge in [0, 0.05) is 36.8 Å². The number of hydrogen-bond acceptors (Lipinski definition) is 6. The predicted octanol–water partition coefficient (Wildman–Crippen LogP) is 2.23. The molecule has 1 aliphatic heterocycles. The highest BCUT2D eigenvalue weighted by Crippen LogP contribution is 2.28. The van der Waals surface area contributed by atoms with E-state index < -0.39 is 0 Å². The Kier molecular flexibility index (Phi) is 4.33. The highest BCUT2D eigenvalue weighted by atomic mass is 16.2. The minimum atomic E-state index is -0.0687. The van der Waals surface area contributed by atoms with Gasteiger partial charge in [0.25, 0.3) is 5.91 Å². The fourth-order valence-corrected chi connectivity index (χ4v) is 3.37. The minimum Gasteiger partial charge on any atom is -0.337 e. The summed E-state index contributed by atoms with van der Waals surface area (Å²) in [6.07, 6.45) is 6.28. The molecule has 8 heteroatoms. The average molecular weight is 365 g/mol. The molecule has 0 radical (unpaired) electrons. The highest BCUT2D eigenvalue weighted by Gasteiger charge is 2.29. The van der Waals surface area contributed by atoms with Crippen LogP contribution in [0.1, 0.15) is 61.5 Å². The predicted molar refractivity (Wildman–Crippen MR) is 99.4 cm³/mol. The fraction of sp³-hybridized carbons (Fsp3) is 0.474. The highest BCUT2D eigenvalue weighted by molar-refractivity contribution is 5.92. The van der Waals surface area contributed by atoms with Gasteiger partial charge in [0.05, 0.1) is 11.9 Å². The molecule has 1 amide bonds. The Morgan fingerprint density at radius 2 is 1.89 bits per heavy atom. The number of carbonyl (C=O) groups excluding carboxylic acids is 1. The largest absolute Gasteiger partial charge is 0.337 e. The Morgan fingerprint density at radius 3 is 2.56 bits per heavy atom. The molecule has 0 bridgehead atoms. The van der Waals surface area contributed by atoms with Gasteiger partial charge in [-0.25, -0.2) is 4.98 Å². The summed E-state index contributed by atoms with van der Waals surface area (Å²) in [7, 11) is 0. The molecule has 3 aromatic rings. The van der Waals surface area contributed by atoms with Crippen molar-refractivity contribution >= 4 is 11.6 Å². The smallest absolute Gasteiger partial charge is 0.274 e.